The van der Waals surface area contributed by atoms with Crippen molar-refractivity contribution >= 4 is 17.5 Å². The van der Waals surface area contributed by atoms with Crippen LogP contribution in [0.15, 0.2) is 36.5 Å². The van der Waals surface area contributed by atoms with Crippen molar-refractivity contribution in [2.75, 3.05) is 12.4 Å². The van der Waals surface area contributed by atoms with Gasteiger partial charge in [-0.25, -0.2) is 19.6 Å². The molecule has 0 aliphatic heterocycles. The number of hydrogen-bond donors (Lipinski definition) is 3. The largest absolute Gasteiger partial charge is 0.368 e. The van der Waals surface area contributed by atoms with Crippen molar-refractivity contribution in [2.45, 2.75) is 77.9 Å². The number of anilines is 2. The molecule has 11 nitrogen and oxygen atoms in total. The Labute approximate surface area is 234 Å². The van der Waals surface area contributed by atoms with E-state index in [1.54, 1.807) is 13.3 Å². The summed E-state index contributed by atoms with van der Waals surface area (Å²) in [5.74, 6) is 2.98. The third-order valence-electron chi connectivity index (χ3n) is 7.64. The highest BCUT2D eigenvalue weighted by Crippen LogP contribution is 2.39. The normalized spacial score (nSPS) is 19.8. The summed E-state index contributed by atoms with van der Waals surface area (Å²) in [6, 6.07) is 9.52. The van der Waals surface area contributed by atoms with Crippen molar-refractivity contribution in [3.63, 3.8) is 0 Å². The molecule has 4 aromatic heterocycles. The number of carbonyl (C=O) groups excluding carboxylic acids is 1. The molecule has 1 saturated carbocycles. The zero-order valence-electron chi connectivity index (χ0n) is 23.9. The first-order valence-electron chi connectivity index (χ1n) is 13.7. The van der Waals surface area contributed by atoms with Gasteiger partial charge in [0, 0.05) is 48.4 Å². The Morgan fingerprint density at radius 3 is 2.45 bits per heavy atom. The zero-order chi connectivity index (χ0) is 28.4. The molecule has 0 saturated heterocycles. The Kier molecular flexibility index (Phi) is 7.66. The number of nitrogens with one attached hydrogen (secondary N) is 3. The number of hydrogen-bond acceptors (Lipinski definition) is 8. The Morgan fingerprint density at radius 1 is 1.07 bits per heavy atom. The van der Waals surface area contributed by atoms with E-state index in [1.807, 2.05) is 69.6 Å². The summed E-state index contributed by atoms with van der Waals surface area (Å²) >= 11 is 0. The summed E-state index contributed by atoms with van der Waals surface area (Å²) in [6.07, 6.45) is 4.46. The minimum atomic E-state index is -0.890. The van der Waals surface area contributed by atoms with Gasteiger partial charge in [-0.15, -0.1) is 0 Å². The monoisotopic (exact) mass is 543 g/mol. The zero-order valence-corrected chi connectivity index (χ0v) is 23.9. The molecule has 11 heteroatoms. The number of rotatable bonds is 8. The fourth-order valence-corrected chi connectivity index (χ4v) is 5.37. The van der Waals surface area contributed by atoms with Crippen molar-refractivity contribution in [3.8, 4) is 5.82 Å². The van der Waals surface area contributed by atoms with E-state index in [2.05, 4.69) is 30.9 Å². The highest BCUT2D eigenvalue weighted by Gasteiger charge is 2.43. The number of amides is 1. The molecule has 0 aromatic carbocycles. The summed E-state index contributed by atoms with van der Waals surface area (Å²) in [4.78, 5) is 27.6. The molecular weight excluding hydrogens is 506 g/mol. The van der Waals surface area contributed by atoms with E-state index in [1.165, 1.54) is 0 Å². The van der Waals surface area contributed by atoms with Crippen LogP contribution < -0.4 is 10.6 Å². The molecular formula is C29H37N9O2. The van der Waals surface area contributed by atoms with E-state index < -0.39 is 5.60 Å². The van der Waals surface area contributed by atoms with Crippen LogP contribution in [-0.4, -0.2) is 53.5 Å². The van der Waals surface area contributed by atoms with E-state index in [-0.39, 0.29) is 17.9 Å². The number of ether oxygens (including phenoxy) is 1. The molecule has 40 heavy (non-hydrogen) atoms. The molecule has 1 fully saturated rings. The van der Waals surface area contributed by atoms with Crippen LogP contribution in [0.4, 0.5) is 11.6 Å². The van der Waals surface area contributed by atoms with Gasteiger partial charge < -0.3 is 15.4 Å². The second kappa shape index (κ2) is 11.2. The summed E-state index contributed by atoms with van der Waals surface area (Å²) in [6.45, 7) is 9.83. The predicted molar refractivity (Wildman–Crippen MR) is 152 cm³/mol. The van der Waals surface area contributed by atoms with Crippen LogP contribution in [0.25, 0.3) is 5.82 Å². The standard InChI is InChI=1S/C29H37N9O2/c1-17-14-24(33-25-15-18(2)35-36-25)34-27(31-17)22-9-11-29(40-6,12-10-22)28(39)32-21(5)23-7-8-26(30-16-23)38-20(4)13-19(3)37-38/h7-8,13-16,21-22H,9-12H2,1-6H3,(H,32,39)(H2,31,33,34,35,36)/t21-,22?,29?/m0/s1. The SMILES string of the molecule is COC1(C(=O)N[C@@H](C)c2ccc(-n3nc(C)cc3C)nc2)CCC(c2nc(C)cc(Nc3cc(C)[nH]n3)n2)CC1. The number of aromatic nitrogens is 7. The summed E-state index contributed by atoms with van der Waals surface area (Å²) in [7, 11) is 1.62. The third kappa shape index (κ3) is 5.74. The fourth-order valence-electron chi connectivity index (χ4n) is 5.37. The minimum Gasteiger partial charge on any atom is -0.368 e. The lowest BCUT2D eigenvalue weighted by molar-refractivity contribution is -0.148. The highest BCUT2D eigenvalue weighted by molar-refractivity contribution is 5.85. The molecule has 3 N–H and O–H groups in total. The maximum atomic E-state index is 13.5. The molecule has 4 aromatic rings. The second-order valence-electron chi connectivity index (χ2n) is 10.8. The molecule has 0 unspecified atom stereocenters. The molecule has 1 atom stereocenters. The highest BCUT2D eigenvalue weighted by atomic mass is 16.5. The first-order valence-corrected chi connectivity index (χ1v) is 13.7. The molecule has 0 radical (unpaired) electrons. The minimum absolute atomic E-state index is 0.106. The van der Waals surface area contributed by atoms with Gasteiger partial charge in [-0.3, -0.25) is 9.89 Å². The van der Waals surface area contributed by atoms with Crippen molar-refractivity contribution < 1.29 is 9.53 Å². The molecule has 1 aliphatic carbocycles. The summed E-state index contributed by atoms with van der Waals surface area (Å²) < 4.78 is 7.69. The number of pyridine rings is 1. The number of H-pyrrole nitrogens is 1. The molecule has 5 rings (SSSR count). The van der Waals surface area contributed by atoms with E-state index in [0.29, 0.717) is 24.5 Å². The predicted octanol–water partition coefficient (Wildman–Crippen LogP) is 4.68. The van der Waals surface area contributed by atoms with Crippen LogP contribution in [0.5, 0.6) is 0 Å². The Balaban J connectivity index is 1.22. The smallest absolute Gasteiger partial charge is 0.252 e. The van der Waals surface area contributed by atoms with E-state index in [0.717, 1.165) is 52.8 Å². The molecule has 0 spiro atoms. The van der Waals surface area contributed by atoms with Crippen LogP contribution in [0, 0.1) is 27.7 Å². The van der Waals surface area contributed by atoms with Crippen LogP contribution in [-0.2, 0) is 9.53 Å². The average molecular weight is 544 g/mol. The Hall–Kier alpha value is -4.12. The number of aromatic amines is 1. The van der Waals surface area contributed by atoms with Crippen molar-refractivity contribution in [2.24, 2.45) is 0 Å². The molecule has 210 valence electrons. The molecule has 4 heterocycles. The number of methoxy groups -OCH3 is 1. The van der Waals surface area contributed by atoms with Crippen LogP contribution >= 0.6 is 0 Å². The second-order valence-corrected chi connectivity index (χ2v) is 10.8. The summed E-state index contributed by atoms with van der Waals surface area (Å²) in [5, 5.41) is 18.1. The average Bonchev–Trinajstić information content (AvgIpc) is 3.51. The first-order chi connectivity index (χ1) is 19.2. The van der Waals surface area contributed by atoms with Gasteiger partial charge in [0.1, 0.15) is 17.2 Å². The third-order valence-corrected chi connectivity index (χ3v) is 7.64. The van der Waals surface area contributed by atoms with Gasteiger partial charge in [-0.2, -0.15) is 10.2 Å². The molecule has 1 amide bonds. The number of aryl methyl sites for hydroxylation is 4. The van der Waals surface area contributed by atoms with Crippen molar-refractivity contribution in [3.05, 3.63) is 70.7 Å². The first kappa shape index (κ1) is 27.4. The maximum Gasteiger partial charge on any atom is 0.252 e. The maximum absolute atomic E-state index is 13.5. The quantitative estimate of drug-likeness (QED) is 0.292. The van der Waals surface area contributed by atoms with Gasteiger partial charge in [0.25, 0.3) is 5.91 Å². The lowest BCUT2D eigenvalue weighted by Gasteiger charge is -2.38. The van der Waals surface area contributed by atoms with E-state index >= 15 is 0 Å². The summed E-state index contributed by atoms with van der Waals surface area (Å²) in [5.41, 5.74) is 3.84. The number of nitrogens with zero attached hydrogens (tertiary/aromatic N) is 6. The van der Waals surface area contributed by atoms with Crippen molar-refractivity contribution in [1.82, 2.24) is 40.2 Å². The fraction of sp³-hybridized carbons (Fsp3) is 0.448. The van der Waals surface area contributed by atoms with E-state index in [4.69, 9.17) is 14.7 Å². The van der Waals surface area contributed by atoms with E-state index in [9.17, 15) is 4.79 Å². The van der Waals surface area contributed by atoms with Gasteiger partial charge in [0.15, 0.2) is 11.6 Å². The topological polar surface area (TPSA) is 136 Å². The van der Waals surface area contributed by atoms with Crippen LogP contribution in [0.2, 0.25) is 0 Å². The lowest BCUT2D eigenvalue weighted by Crippen LogP contribution is -2.50. The van der Waals surface area contributed by atoms with Gasteiger partial charge in [-0.05, 0) is 78.0 Å². The number of carbonyl (C=O) groups is 1. The molecule has 1 aliphatic rings. The van der Waals surface area contributed by atoms with Crippen LogP contribution in [0.3, 0.4) is 0 Å². The Bertz CT molecular complexity index is 1480. The van der Waals surface area contributed by atoms with Gasteiger partial charge in [0.2, 0.25) is 0 Å². The van der Waals surface area contributed by atoms with Gasteiger partial charge >= 0.3 is 0 Å². The van der Waals surface area contributed by atoms with Crippen molar-refractivity contribution in [1.29, 1.82) is 0 Å². The lowest BCUT2D eigenvalue weighted by atomic mass is 9.77. The Morgan fingerprint density at radius 2 is 1.85 bits per heavy atom. The van der Waals surface area contributed by atoms with Gasteiger partial charge in [-0.1, -0.05) is 6.07 Å². The molecule has 0 bridgehead atoms. The van der Waals surface area contributed by atoms with Gasteiger partial charge in [0.05, 0.1) is 11.7 Å². The van der Waals surface area contributed by atoms with Crippen LogP contribution in [0.1, 0.15) is 78.7 Å².